The minimum absolute atomic E-state index is 0.124. The van der Waals surface area contributed by atoms with E-state index in [1.54, 1.807) is 18.0 Å². The second-order valence-electron chi connectivity index (χ2n) is 6.85. The molecule has 7 nitrogen and oxygen atoms in total. The fraction of sp³-hybridized carbons (Fsp3) is 0.286. The van der Waals surface area contributed by atoms with Gasteiger partial charge in [0.2, 0.25) is 0 Å². The van der Waals surface area contributed by atoms with Gasteiger partial charge in [0.1, 0.15) is 5.75 Å². The molecule has 1 fully saturated rings. The van der Waals surface area contributed by atoms with Crippen LogP contribution < -0.4 is 10.1 Å². The standard InChI is InChI=1S/C21H23N5O2/c1-15-6-5-7-16(12-15)26-14-18(23-24-26)21(27)25-11-10-22-13-19(25)17-8-3-4-9-20(17)28-2/h3-9,12,14,19,22H,10-11,13H2,1-2H3. The number of benzene rings is 2. The quantitative estimate of drug-likeness (QED) is 0.756. The van der Waals surface area contributed by atoms with Gasteiger partial charge in [-0.2, -0.15) is 0 Å². The fourth-order valence-electron chi connectivity index (χ4n) is 3.57. The Kier molecular flexibility index (Phi) is 5.08. The fourth-order valence-corrected chi connectivity index (χ4v) is 3.57. The molecule has 1 aromatic heterocycles. The number of nitrogens with one attached hydrogen (secondary N) is 1. The van der Waals surface area contributed by atoms with E-state index in [0.717, 1.165) is 29.1 Å². The van der Waals surface area contributed by atoms with Crippen molar-refractivity contribution in [2.45, 2.75) is 13.0 Å². The highest BCUT2D eigenvalue weighted by molar-refractivity contribution is 5.92. The molecule has 0 radical (unpaired) electrons. The lowest BCUT2D eigenvalue weighted by molar-refractivity contribution is 0.0625. The van der Waals surface area contributed by atoms with Crippen LogP contribution in [0.2, 0.25) is 0 Å². The number of methoxy groups -OCH3 is 1. The minimum atomic E-state index is -0.128. The number of rotatable bonds is 4. The molecule has 7 heteroatoms. The number of piperazine rings is 1. The van der Waals surface area contributed by atoms with Gasteiger partial charge in [0, 0.05) is 25.2 Å². The first-order chi connectivity index (χ1) is 13.7. The highest BCUT2D eigenvalue weighted by atomic mass is 16.5. The monoisotopic (exact) mass is 377 g/mol. The highest BCUT2D eigenvalue weighted by Gasteiger charge is 2.31. The lowest BCUT2D eigenvalue weighted by Crippen LogP contribution is -2.48. The zero-order valence-corrected chi connectivity index (χ0v) is 16.0. The van der Waals surface area contributed by atoms with Crippen molar-refractivity contribution in [3.8, 4) is 11.4 Å². The van der Waals surface area contributed by atoms with Crippen molar-refractivity contribution in [3.05, 3.63) is 71.5 Å². The van der Waals surface area contributed by atoms with Gasteiger partial charge in [-0.1, -0.05) is 35.5 Å². The Bertz CT molecular complexity index is 984. The summed E-state index contributed by atoms with van der Waals surface area (Å²) >= 11 is 0. The average molecular weight is 377 g/mol. The number of carbonyl (C=O) groups is 1. The van der Waals surface area contributed by atoms with E-state index in [2.05, 4.69) is 15.6 Å². The van der Waals surface area contributed by atoms with Crippen molar-refractivity contribution in [3.63, 3.8) is 0 Å². The van der Waals surface area contributed by atoms with Crippen LogP contribution in [-0.4, -0.2) is 52.5 Å². The van der Waals surface area contributed by atoms with Crippen molar-refractivity contribution < 1.29 is 9.53 Å². The molecule has 1 atom stereocenters. The topological polar surface area (TPSA) is 72.3 Å². The molecule has 3 aromatic rings. The van der Waals surface area contributed by atoms with Gasteiger partial charge in [-0.15, -0.1) is 5.10 Å². The summed E-state index contributed by atoms with van der Waals surface area (Å²) < 4.78 is 7.15. The molecular formula is C21H23N5O2. The molecule has 144 valence electrons. The summed E-state index contributed by atoms with van der Waals surface area (Å²) in [5, 5.41) is 11.7. The zero-order valence-electron chi connectivity index (χ0n) is 16.0. The first-order valence-electron chi connectivity index (χ1n) is 9.31. The molecule has 1 saturated heterocycles. The Hall–Kier alpha value is -3.19. The summed E-state index contributed by atoms with van der Waals surface area (Å²) in [6, 6.07) is 15.6. The van der Waals surface area contributed by atoms with Gasteiger partial charge >= 0.3 is 0 Å². The number of amides is 1. The number of aryl methyl sites for hydroxylation is 1. The van der Waals surface area contributed by atoms with Crippen LogP contribution in [0.3, 0.4) is 0 Å². The van der Waals surface area contributed by atoms with E-state index in [9.17, 15) is 4.79 Å². The number of hydrogen-bond acceptors (Lipinski definition) is 5. The first kappa shape index (κ1) is 18.2. The van der Waals surface area contributed by atoms with Crippen LogP contribution in [0.5, 0.6) is 5.75 Å². The van der Waals surface area contributed by atoms with Crippen molar-refractivity contribution in [1.29, 1.82) is 0 Å². The Morgan fingerprint density at radius 3 is 2.89 bits per heavy atom. The van der Waals surface area contributed by atoms with E-state index in [-0.39, 0.29) is 11.9 Å². The van der Waals surface area contributed by atoms with Gasteiger partial charge < -0.3 is 15.0 Å². The third kappa shape index (κ3) is 3.48. The normalized spacial score (nSPS) is 16.8. The van der Waals surface area contributed by atoms with Crippen LogP contribution in [0.15, 0.2) is 54.7 Å². The average Bonchev–Trinajstić information content (AvgIpc) is 3.23. The molecule has 1 amide bonds. The van der Waals surface area contributed by atoms with E-state index in [4.69, 9.17) is 4.74 Å². The molecule has 2 heterocycles. The molecule has 28 heavy (non-hydrogen) atoms. The van der Waals surface area contributed by atoms with Gasteiger partial charge in [0.15, 0.2) is 5.69 Å². The summed E-state index contributed by atoms with van der Waals surface area (Å²) in [4.78, 5) is 15.1. The van der Waals surface area contributed by atoms with Crippen LogP contribution in [0.25, 0.3) is 5.69 Å². The van der Waals surface area contributed by atoms with Crippen molar-refractivity contribution >= 4 is 5.91 Å². The lowest BCUT2D eigenvalue weighted by Gasteiger charge is -2.36. The number of carbonyl (C=O) groups excluding carboxylic acids is 1. The Labute approximate surface area is 163 Å². The van der Waals surface area contributed by atoms with E-state index in [0.29, 0.717) is 18.8 Å². The smallest absolute Gasteiger partial charge is 0.276 e. The molecule has 0 bridgehead atoms. The lowest BCUT2D eigenvalue weighted by atomic mass is 10.0. The zero-order chi connectivity index (χ0) is 19.5. The van der Waals surface area contributed by atoms with E-state index < -0.39 is 0 Å². The van der Waals surface area contributed by atoms with Gasteiger partial charge in [0.25, 0.3) is 5.91 Å². The SMILES string of the molecule is COc1ccccc1C1CNCCN1C(=O)c1cn(-c2cccc(C)c2)nn1. The number of nitrogens with zero attached hydrogens (tertiary/aromatic N) is 4. The molecular weight excluding hydrogens is 354 g/mol. The summed E-state index contributed by atoms with van der Waals surface area (Å²) in [6.07, 6.45) is 1.69. The maximum absolute atomic E-state index is 13.2. The molecule has 1 aliphatic rings. The van der Waals surface area contributed by atoms with Crippen LogP contribution in [0.1, 0.15) is 27.7 Å². The summed E-state index contributed by atoms with van der Waals surface area (Å²) in [6.45, 7) is 4.02. The van der Waals surface area contributed by atoms with Crippen molar-refractivity contribution in [2.75, 3.05) is 26.7 Å². The molecule has 1 aliphatic heterocycles. The Morgan fingerprint density at radius 2 is 2.07 bits per heavy atom. The molecule has 0 aliphatic carbocycles. The number of aromatic nitrogens is 3. The van der Waals surface area contributed by atoms with E-state index >= 15 is 0 Å². The van der Waals surface area contributed by atoms with E-state index in [1.165, 1.54) is 0 Å². The molecule has 4 rings (SSSR count). The summed E-state index contributed by atoms with van der Waals surface area (Å²) in [7, 11) is 1.65. The second kappa shape index (κ2) is 7.82. The molecule has 1 unspecified atom stereocenters. The molecule has 1 N–H and O–H groups in total. The number of ether oxygens (including phenoxy) is 1. The maximum atomic E-state index is 13.2. The van der Waals surface area contributed by atoms with Crippen molar-refractivity contribution in [1.82, 2.24) is 25.2 Å². The van der Waals surface area contributed by atoms with Crippen LogP contribution in [-0.2, 0) is 0 Å². The van der Waals surface area contributed by atoms with Crippen molar-refractivity contribution in [2.24, 2.45) is 0 Å². The number of hydrogen-bond donors (Lipinski definition) is 1. The van der Waals surface area contributed by atoms with Gasteiger partial charge in [-0.3, -0.25) is 4.79 Å². The van der Waals surface area contributed by atoms with Gasteiger partial charge in [0.05, 0.1) is 25.0 Å². The Morgan fingerprint density at radius 1 is 1.21 bits per heavy atom. The van der Waals surface area contributed by atoms with Gasteiger partial charge in [-0.05, 0) is 30.7 Å². The predicted octanol–water partition coefficient (Wildman–Crippen LogP) is 2.37. The van der Waals surface area contributed by atoms with Crippen LogP contribution in [0.4, 0.5) is 0 Å². The predicted molar refractivity (Wildman–Crippen MR) is 106 cm³/mol. The minimum Gasteiger partial charge on any atom is -0.496 e. The highest BCUT2D eigenvalue weighted by Crippen LogP contribution is 2.31. The molecule has 0 spiro atoms. The third-order valence-corrected chi connectivity index (χ3v) is 4.98. The second-order valence-corrected chi connectivity index (χ2v) is 6.85. The number of para-hydroxylation sites is 1. The first-order valence-corrected chi connectivity index (χ1v) is 9.31. The van der Waals surface area contributed by atoms with Crippen LogP contribution in [0, 0.1) is 6.92 Å². The Balaban J connectivity index is 1.63. The largest absolute Gasteiger partial charge is 0.496 e. The van der Waals surface area contributed by atoms with Gasteiger partial charge in [-0.25, -0.2) is 4.68 Å². The summed E-state index contributed by atoms with van der Waals surface area (Å²) in [5.74, 6) is 0.647. The van der Waals surface area contributed by atoms with Crippen LogP contribution >= 0.6 is 0 Å². The summed E-state index contributed by atoms with van der Waals surface area (Å²) in [5.41, 5.74) is 3.33. The molecule has 0 saturated carbocycles. The third-order valence-electron chi connectivity index (χ3n) is 4.98. The van der Waals surface area contributed by atoms with E-state index in [1.807, 2.05) is 60.4 Å². The maximum Gasteiger partial charge on any atom is 0.276 e. The molecule has 2 aromatic carbocycles.